The SMILES string of the molecule is O=C(O)c1ccc(S)c(S)n1. The molecule has 0 aliphatic carbocycles. The molecule has 0 saturated carbocycles. The van der Waals surface area contributed by atoms with Crippen LogP contribution in [0.25, 0.3) is 0 Å². The Morgan fingerprint density at radius 3 is 2.55 bits per heavy atom. The quantitative estimate of drug-likeness (QED) is 0.582. The van der Waals surface area contributed by atoms with Gasteiger partial charge in [-0.05, 0) is 12.1 Å². The summed E-state index contributed by atoms with van der Waals surface area (Å²) in [5, 5.41) is 8.81. The molecule has 0 amide bonds. The third-order valence-corrected chi connectivity index (χ3v) is 1.95. The molecule has 5 heteroatoms. The molecular weight excluding hydrogens is 182 g/mol. The number of aromatic carboxylic acids is 1. The van der Waals surface area contributed by atoms with Crippen molar-refractivity contribution in [2.24, 2.45) is 0 Å². The average molecular weight is 187 g/mol. The van der Waals surface area contributed by atoms with E-state index in [-0.39, 0.29) is 5.69 Å². The molecule has 0 aliphatic heterocycles. The molecule has 58 valence electrons. The lowest BCUT2D eigenvalue weighted by atomic mass is 10.3. The lowest BCUT2D eigenvalue weighted by molar-refractivity contribution is 0.0689. The smallest absolute Gasteiger partial charge is 0.354 e. The van der Waals surface area contributed by atoms with E-state index in [2.05, 4.69) is 30.2 Å². The topological polar surface area (TPSA) is 50.2 Å². The van der Waals surface area contributed by atoms with Gasteiger partial charge in [0, 0.05) is 4.90 Å². The van der Waals surface area contributed by atoms with Crippen molar-refractivity contribution < 1.29 is 9.90 Å². The van der Waals surface area contributed by atoms with Crippen LogP contribution in [0.4, 0.5) is 0 Å². The van der Waals surface area contributed by atoms with E-state index < -0.39 is 5.97 Å². The van der Waals surface area contributed by atoms with E-state index in [1.165, 1.54) is 6.07 Å². The maximum Gasteiger partial charge on any atom is 0.354 e. The third-order valence-electron chi connectivity index (χ3n) is 1.07. The zero-order chi connectivity index (χ0) is 8.43. The van der Waals surface area contributed by atoms with Gasteiger partial charge in [0.25, 0.3) is 0 Å². The van der Waals surface area contributed by atoms with E-state index >= 15 is 0 Å². The van der Waals surface area contributed by atoms with Gasteiger partial charge in [-0.25, -0.2) is 9.78 Å². The number of aromatic nitrogens is 1. The van der Waals surface area contributed by atoms with Crippen molar-refractivity contribution in [3.8, 4) is 0 Å². The number of hydrogen-bond acceptors (Lipinski definition) is 4. The second-order valence-corrected chi connectivity index (χ2v) is 2.75. The highest BCUT2D eigenvalue weighted by Crippen LogP contribution is 2.15. The van der Waals surface area contributed by atoms with Crippen LogP contribution in [0.5, 0.6) is 0 Å². The Labute approximate surface area is 74.3 Å². The first-order valence-electron chi connectivity index (χ1n) is 2.73. The van der Waals surface area contributed by atoms with Crippen LogP contribution in [0, 0.1) is 0 Å². The van der Waals surface area contributed by atoms with Crippen LogP contribution in [0.2, 0.25) is 0 Å². The van der Waals surface area contributed by atoms with E-state index in [4.69, 9.17) is 5.11 Å². The minimum atomic E-state index is -1.06. The Morgan fingerprint density at radius 2 is 2.09 bits per heavy atom. The van der Waals surface area contributed by atoms with Crippen molar-refractivity contribution in [3.05, 3.63) is 17.8 Å². The van der Waals surface area contributed by atoms with Gasteiger partial charge >= 0.3 is 5.97 Å². The van der Waals surface area contributed by atoms with Gasteiger partial charge in [0.05, 0.1) is 0 Å². The van der Waals surface area contributed by atoms with Crippen LogP contribution in [0.1, 0.15) is 10.5 Å². The Balaban J connectivity index is 3.15. The summed E-state index contributed by atoms with van der Waals surface area (Å²) in [7, 11) is 0. The summed E-state index contributed by atoms with van der Waals surface area (Å²) in [5.41, 5.74) is -0.0206. The van der Waals surface area contributed by atoms with Gasteiger partial charge in [-0.1, -0.05) is 0 Å². The van der Waals surface area contributed by atoms with Crippen molar-refractivity contribution in [3.63, 3.8) is 0 Å². The molecule has 0 saturated heterocycles. The van der Waals surface area contributed by atoms with Gasteiger partial charge in [0.1, 0.15) is 10.7 Å². The van der Waals surface area contributed by atoms with E-state index in [1.807, 2.05) is 0 Å². The van der Waals surface area contributed by atoms with Gasteiger partial charge in [-0.2, -0.15) is 0 Å². The largest absolute Gasteiger partial charge is 0.477 e. The standard InChI is InChI=1S/C6H5NO2S2/c8-6(9)3-1-2-4(10)5(11)7-3/h1-2,10H,(H,7,11)(H,8,9). The zero-order valence-corrected chi connectivity index (χ0v) is 7.14. The molecule has 1 aromatic heterocycles. The number of pyridine rings is 1. The van der Waals surface area contributed by atoms with Gasteiger partial charge in [0.15, 0.2) is 0 Å². The van der Waals surface area contributed by atoms with Crippen molar-refractivity contribution >= 4 is 31.2 Å². The summed E-state index contributed by atoms with van der Waals surface area (Å²) in [5.74, 6) is -1.06. The zero-order valence-electron chi connectivity index (χ0n) is 5.35. The van der Waals surface area contributed by atoms with Gasteiger partial charge in [0.2, 0.25) is 0 Å². The minimum Gasteiger partial charge on any atom is -0.477 e. The summed E-state index contributed by atoms with van der Waals surface area (Å²) in [6.07, 6.45) is 0. The first kappa shape index (κ1) is 8.42. The molecular formula is C6H5NO2S2. The lowest BCUT2D eigenvalue weighted by Gasteiger charge is -1.97. The predicted molar refractivity (Wildman–Crippen MR) is 45.7 cm³/mol. The summed E-state index contributed by atoms with van der Waals surface area (Å²) in [4.78, 5) is 14.6. The molecule has 1 heterocycles. The fourth-order valence-electron chi connectivity index (χ4n) is 0.560. The molecule has 0 bridgehead atoms. The van der Waals surface area contributed by atoms with Crippen LogP contribution in [0.15, 0.2) is 22.1 Å². The Bertz CT molecular complexity index is 301. The highest BCUT2D eigenvalue weighted by Gasteiger charge is 2.05. The van der Waals surface area contributed by atoms with E-state index in [0.29, 0.717) is 9.92 Å². The van der Waals surface area contributed by atoms with Crippen molar-refractivity contribution in [2.45, 2.75) is 9.92 Å². The van der Waals surface area contributed by atoms with E-state index in [1.54, 1.807) is 6.07 Å². The number of carboxylic acid groups (broad SMARTS) is 1. The molecule has 0 aromatic carbocycles. The number of hydrogen-bond donors (Lipinski definition) is 3. The molecule has 0 aliphatic rings. The van der Waals surface area contributed by atoms with Crippen LogP contribution >= 0.6 is 25.3 Å². The molecule has 1 N–H and O–H groups in total. The number of rotatable bonds is 1. The third kappa shape index (κ3) is 1.87. The number of nitrogens with zero attached hydrogens (tertiary/aromatic N) is 1. The Hall–Kier alpha value is -0.680. The monoisotopic (exact) mass is 187 g/mol. The van der Waals surface area contributed by atoms with E-state index in [0.717, 1.165) is 0 Å². The second kappa shape index (κ2) is 3.15. The molecule has 0 atom stereocenters. The molecule has 0 fully saturated rings. The first-order chi connectivity index (χ1) is 5.11. The minimum absolute atomic E-state index is 0.0206. The average Bonchev–Trinajstić information content (AvgIpc) is 1.94. The highest BCUT2D eigenvalue weighted by molar-refractivity contribution is 7.83. The van der Waals surface area contributed by atoms with Crippen LogP contribution in [0.3, 0.4) is 0 Å². The summed E-state index contributed by atoms with van der Waals surface area (Å²) in [6, 6.07) is 2.92. The van der Waals surface area contributed by atoms with Crippen molar-refractivity contribution in [1.82, 2.24) is 4.98 Å². The number of thiol groups is 2. The molecule has 1 aromatic rings. The van der Waals surface area contributed by atoms with Crippen molar-refractivity contribution in [1.29, 1.82) is 0 Å². The summed E-state index contributed by atoms with van der Waals surface area (Å²) in [6.45, 7) is 0. The van der Waals surface area contributed by atoms with Crippen LogP contribution < -0.4 is 0 Å². The Morgan fingerprint density at radius 1 is 1.45 bits per heavy atom. The Kier molecular flexibility index (Phi) is 2.41. The maximum atomic E-state index is 10.3. The highest BCUT2D eigenvalue weighted by atomic mass is 32.1. The summed E-state index contributed by atoms with van der Waals surface area (Å²) >= 11 is 7.89. The van der Waals surface area contributed by atoms with Crippen LogP contribution in [-0.2, 0) is 0 Å². The number of carbonyl (C=O) groups is 1. The summed E-state index contributed by atoms with van der Waals surface area (Å²) < 4.78 is 0. The second-order valence-electron chi connectivity index (χ2n) is 1.84. The molecule has 1 rings (SSSR count). The lowest BCUT2D eigenvalue weighted by Crippen LogP contribution is -1.99. The fourth-order valence-corrected chi connectivity index (χ4v) is 0.867. The van der Waals surface area contributed by atoms with E-state index in [9.17, 15) is 4.79 Å². The van der Waals surface area contributed by atoms with Crippen molar-refractivity contribution in [2.75, 3.05) is 0 Å². The predicted octanol–water partition coefficient (Wildman–Crippen LogP) is 1.36. The maximum absolute atomic E-state index is 10.3. The van der Waals surface area contributed by atoms with Crippen LogP contribution in [-0.4, -0.2) is 16.1 Å². The van der Waals surface area contributed by atoms with Gasteiger partial charge < -0.3 is 5.11 Å². The molecule has 0 radical (unpaired) electrons. The normalized spacial score (nSPS) is 9.64. The molecule has 0 spiro atoms. The molecule has 11 heavy (non-hydrogen) atoms. The first-order valence-corrected chi connectivity index (χ1v) is 3.63. The number of carboxylic acids is 1. The van der Waals surface area contributed by atoms with Gasteiger partial charge in [-0.3, -0.25) is 0 Å². The fraction of sp³-hybridized carbons (Fsp3) is 0. The molecule has 3 nitrogen and oxygen atoms in total. The van der Waals surface area contributed by atoms with Gasteiger partial charge in [-0.15, -0.1) is 25.3 Å². The molecule has 0 unspecified atom stereocenters.